The van der Waals surface area contributed by atoms with Crippen molar-refractivity contribution in [1.29, 1.82) is 0 Å². The van der Waals surface area contributed by atoms with Crippen molar-refractivity contribution in [3.63, 3.8) is 0 Å². The van der Waals surface area contributed by atoms with Crippen LogP contribution in [0.4, 0.5) is 15.9 Å². The van der Waals surface area contributed by atoms with E-state index in [2.05, 4.69) is 15.1 Å². The molecule has 1 amide bonds. The number of nitrogens with zero attached hydrogens (tertiary/aromatic N) is 5. The van der Waals surface area contributed by atoms with Gasteiger partial charge in [0, 0.05) is 78.4 Å². The van der Waals surface area contributed by atoms with Gasteiger partial charge >= 0.3 is 5.69 Å². The van der Waals surface area contributed by atoms with Crippen molar-refractivity contribution in [1.82, 2.24) is 19.4 Å². The minimum Gasteiger partial charge on any atom is -0.367 e. The number of hydrogen-bond donors (Lipinski definition) is 1. The van der Waals surface area contributed by atoms with Gasteiger partial charge in [-0.05, 0) is 25.0 Å². The van der Waals surface area contributed by atoms with Gasteiger partial charge in [0.2, 0.25) is 5.91 Å². The van der Waals surface area contributed by atoms with Gasteiger partial charge in [-0.2, -0.15) is 0 Å². The molecule has 0 radical (unpaired) electrons. The standard InChI is InChI=1S/C24H33FN6O3/c1-27-21(17-22(32)28(2)24(27)34)31-10-7-18(8-11-31)23(33)26-9-12-29-13-15-30(16-14-29)20-6-4-3-5-19(20)25/h3-6,17-18H,7-16H2,1-2H3,(H,26,33). The van der Waals surface area contributed by atoms with E-state index in [9.17, 15) is 18.8 Å². The topological polar surface area (TPSA) is 82.8 Å². The highest BCUT2D eigenvalue weighted by Gasteiger charge is 2.27. The first-order valence-electron chi connectivity index (χ1n) is 11.9. The molecule has 1 aromatic carbocycles. The predicted octanol–water partition coefficient (Wildman–Crippen LogP) is 0.378. The predicted molar refractivity (Wildman–Crippen MR) is 130 cm³/mol. The number of para-hydroxylation sites is 1. The van der Waals surface area contributed by atoms with E-state index in [1.807, 2.05) is 17.0 Å². The smallest absolute Gasteiger partial charge is 0.332 e. The number of amides is 1. The van der Waals surface area contributed by atoms with E-state index in [1.54, 1.807) is 13.1 Å². The number of benzene rings is 1. The first kappa shape index (κ1) is 24.0. The molecule has 0 aliphatic carbocycles. The molecule has 4 rings (SSSR count). The van der Waals surface area contributed by atoms with Crippen molar-refractivity contribution in [2.75, 3.05) is 62.2 Å². The number of carbonyl (C=O) groups excluding carboxylic acids is 1. The summed E-state index contributed by atoms with van der Waals surface area (Å²) in [6, 6.07) is 8.34. The van der Waals surface area contributed by atoms with Crippen LogP contribution in [0.3, 0.4) is 0 Å². The lowest BCUT2D eigenvalue weighted by Gasteiger charge is -2.36. The van der Waals surface area contributed by atoms with Crippen LogP contribution in [0.1, 0.15) is 12.8 Å². The Morgan fingerprint density at radius 2 is 1.65 bits per heavy atom. The summed E-state index contributed by atoms with van der Waals surface area (Å²) in [5, 5.41) is 3.06. The lowest BCUT2D eigenvalue weighted by molar-refractivity contribution is -0.125. The quantitative estimate of drug-likeness (QED) is 0.655. The molecule has 3 heterocycles. The van der Waals surface area contributed by atoms with E-state index in [0.717, 1.165) is 37.3 Å². The molecule has 0 saturated carbocycles. The highest BCUT2D eigenvalue weighted by atomic mass is 19.1. The van der Waals surface area contributed by atoms with Crippen LogP contribution in [0, 0.1) is 11.7 Å². The van der Waals surface area contributed by atoms with E-state index >= 15 is 0 Å². The summed E-state index contributed by atoms with van der Waals surface area (Å²) in [4.78, 5) is 43.2. The van der Waals surface area contributed by atoms with Gasteiger partial charge in [-0.3, -0.25) is 23.6 Å². The summed E-state index contributed by atoms with van der Waals surface area (Å²) in [5.41, 5.74) is -0.0254. The molecular formula is C24H33FN6O3. The summed E-state index contributed by atoms with van der Waals surface area (Å²) < 4.78 is 16.6. The third-order valence-electron chi connectivity index (χ3n) is 6.98. The zero-order valence-electron chi connectivity index (χ0n) is 19.9. The Hall–Kier alpha value is -3.14. The van der Waals surface area contributed by atoms with Crippen LogP contribution in [0.25, 0.3) is 0 Å². The van der Waals surface area contributed by atoms with E-state index < -0.39 is 0 Å². The average Bonchev–Trinajstić information content (AvgIpc) is 2.86. The highest BCUT2D eigenvalue weighted by molar-refractivity contribution is 5.79. The SMILES string of the molecule is Cn1c(N2CCC(C(=O)NCCN3CCN(c4ccccc4F)CC3)CC2)cc(=O)n(C)c1=O. The Labute approximate surface area is 198 Å². The molecule has 0 spiro atoms. The molecule has 2 aliphatic rings. The summed E-state index contributed by atoms with van der Waals surface area (Å²) in [5.74, 6) is 0.396. The number of piperazine rings is 1. The van der Waals surface area contributed by atoms with E-state index in [4.69, 9.17) is 0 Å². The Kier molecular flexibility index (Phi) is 7.35. The number of nitrogens with one attached hydrogen (secondary N) is 1. The molecule has 0 unspecified atom stereocenters. The molecule has 1 N–H and O–H groups in total. The minimum atomic E-state index is -0.350. The minimum absolute atomic E-state index is 0.0579. The van der Waals surface area contributed by atoms with Crippen LogP contribution >= 0.6 is 0 Å². The van der Waals surface area contributed by atoms with Gasteiger partial charge in [-0.1, -0.05) is 12.1 Å². The van der Waals surface area contributed by atoms with Crippen LogP contribution < -0.4 is 26.4 Å². The van der Waals surface area contributed by atoms with Gasteiger partial charge in [0.1, 0.15) is 11.6 Å². The molecule has 10 heteroatoms. The molecule has 9 nitrogen and oxygen atoms in total. The second kappa shape index (κ2) is 10.4. The molecule has 0 atom stereocenters. The number of piperidine rings is 1. The Balaban J connectivity index is 1.20. The van der Waals surface area contributed by atoms with Crippen LogP contribution in [-0.4, -0.2) is 72.3 Å². The van der Waals surface area contributed by atoms with Gasteiger partial charge in [0.25, 0.3) is 5.56 Å². The van der Waals surface area contributed by atoms with Crippen molar-refractivity contribution in [3.05, 3.63) is 57.0 Å². The largest absolute Gasteiger partial charge is 0.367 e. The van der Waals surface area contributed by atoms with Crippen molar-refractivity contribution >= 4 is 17.4 Å². The number of aromatic nitrogens is 2. The maximum atomic E-state index is 14.0. The first-order chi connectivity index (χ1) is 16.3. The Morgan fingerprint density at radius 3 is 2.32 bits per heavy atom. The molecule has 2 saturated heterocycles. The van der Waals surface area contributed by atoms with Crippen LogP contribution in [0.15, 0.2) is 39.9 Å². The lowest BCUT2D eigenvalue weighted by Crippen LogP contribution is -2.49. The van der Waals surface area contributed by atoms with Gasteiger partial charge < -0.3 is 15.1 Å². The van der Waals surface area contributed by atoms with E-state index in [1.165, 1.54) is 23.7 Å². The fraction of sp³-hybridized carbons (Fsp3) is 0.542. The van der Waals surface area contributed by atoms with Gasteiger partial charge in [0.05, 0.1) is 5.69 Å². The number of rotatable bonds is 6. The fourth-order valence-electron chi connectivity index (χ4n) is 4.80. The number of anilines is 2. The maximum absolute atomic E-state index is 14.0. The molecule has 2 fully saturated rings. The summed E-state index contributed by atoms with van der Waals surface area (Å²) in [6.07, 6.45) is 1.35. The number of halogens is 1. The van der Waals surface area contributed by atoms with Crippen LogP contribution in [-0.2, 0) is 18.9 Å². The first-order valence-corrected chi connectivity index (χ1v) is 11.9. The molecule has 1 aromatic heterocycles. The third kappa shape index (κ3) is 5.16. The molecule has 2 aromatic rings. The summed E-state index contributed by atoms with van der Waals surface area (Å²) >= 11 is 0. The summed E-state index contributed by atoms with van der Waals surface area (Å²) in [7, 11) is 3.13. The van der Waals surface area contributed by atoms with Crippen molar-refractivity contribution in [2.24, 2.45) is 20.0 Å². The average molecular weight is 473 g/mol. The van der Waals surface area contributed by atoms with Crippen molar-refractivity contribution < 1.29 is 9.18 Å². The summed E-state index contributed by atoms with van der Waals surface area (Å²) in [6.45, 7) is 5.78. The molecule has 34 heavy (non-hydrogen) atoms. The maximum Gasteiger partial charge on any atom is 0.332 e. The van der Waals surface area contributed by atoms with Gasteiger partial charge in [0.15, 0.2) is 0 Å². The molecule has 2 aliphatic heterocycles. The second-order valence-corrected chi connectivity index (χ2v) is 9.07. The number of hydrogen-bond acceptors (Lipinski definition) is 6. The third-order valence-corrected chi connectivity index (χ3v) is 6.98. The number of carbonyl (C=O) groups is 1. The van der Waals surface area contributed by atoms with E-state index in [0.29, 0.717) is 44.0 Å². The zero-order chi connectivity index (χ0) is 24.2. The normalized spacial score (nSPS) is 17.7. The molecule has 0 bridgehead atoms. The van der Waals surface area contributed by atoms with Crippen LogP contribution in [0.2, 0.25) is 0 Å². The van der Waals surface area contributed by atoms with Crippen molar-refractivity contribution in [3.8, 4) is 0 Å². The lowest BCUT2D eigenvalue weighted by atomic mass is 9.96. The van der Waals surface area contributed by atoms with Gasteiger partial charge in [-0.15, -0.1) is 0 Å². The Bertz CT molecular complexity index is 1130. The Morgan fingerprint density at radius 1 is 0.971 bits per heavy atom. The fourth-order valence-corrected chi connectivity index (χ4v) is 4.80. The highest BCUT2D eigenvalue weighted by Crippen LogP contribution is 2.22. The molecular weight excluding hydrogens is 439 g/mol. The van der Waals surface area contributed by atoms with Gasteiger partial charge in [-0.25, -0.2) is 9.18 Å². The van der Waals surface area contributed by atoms with E-state index in [-0.39, 0.29) is 28.9 Å². The van der Waals surface area contributed by atoms with Crippen LogP contribution in [0.5, 0.6) is 0 Å². The second-order valence-electron chi connectivity index (χ2n) is 9.07. The zero-order valence-corrected chi connectivity index (χ0v) is 19.9. The van der Waals surface area contributed by atoms with Crippen molar-refractivity contribution in [2.45, 2.75) is 12.8 Å². The monoisotopic (exact) mass is 472 g/mol. The molecule has 184 valence electrons.